The van der Waals surface area contributed by atoms with E-state index in [9.17, 15) is 8.42 Å². The van der Waals surface area contributed by atoms with Gasteiger partial charge in [-0.15, -0.1) is 0 Å². The summed E-state index contributed by atoms with van der Waals surface area (Å²) in [4.78, 5) is 0.527. The SMILES string of the molecule is C=C(C1CC2(CCCCC2)CO1)S(=O)(=O)c1ccccc1. The standard InChI is InChI=1S/C17H22O3S/c1-14(21(18,19)15-8-4-2-5-9-15)16-12-17(13-20-16)10-6-3-7-11-17/h2,4-5,8-9,16H,1,3,6-7,10-13H2. The third-order valence-corrected chi connectivity index (χ3v) is 6.73. The number of hydrogen-bond acceptors (Lipinski definition) is 3. The molecular formula is C17H22O3S. The Morgan fingerprint density at radius 3 is 2.48 bits per heavy atom. The Balaban J connectivity index is 1.77. The van der Waals surface area contributed by atoms with E-state index in [4.69, 9.17) is 4.74 Å². The highest BCUT2D eigenvalue weighted by Crippen LogP contribution is 2.47. The molecule has 1 heterocycles. The molecule has 2 aliphatic rings. The van der Waals surface area contributed by atoms with Crippen LogP contribution in [0.2, 0.25) is 0 Å². The molecule has 3 nitrogen and oxygen atoms in total. The molecule has 1 aliphatic heterocycles. The quantitative estimate of drug-likeness (QED) is 0.855. The van der Waals surface area contributed by atoms with Crippen LogP contribution in [0, 0.1) is 5.41 Å². The van der Waals surface area contributed by atoms with Gasteiger partial charge in [0.1, 0.15) is 0 Å². The first-order valence-electron chi connectivity index (χ1n) is 7.64. The van der Waals surface area contributed by atoms with Crippen molar-refractivity contribution in [3.05, 3.63) is 41.8 Å². The van der Waals surface area contributed by atoms with Gasteiger partial charge in [0, 0.05) is 0 Å². The van der Waals surface area contributed by atoms with Gasteiger partial charge in [0.05, 0.1) is 22.5 Å². The minimum atomic E-state index is -3.50. The van der Waals surface area contributed by atoms with Crippen LogP contribution in [0.4, 0.5) is 0 Å². The second kappa shape index (κ2) is 5.58. The first-order valence-corrected chi connectivity index (χ1v) is 9.12. The lowest BCUT2D eigenvalue weighted by Gasteiger charge is -2.31. The molecule has 4 heteroatoms. The molecular weight excluding hydrogens is 284 g/mol. The summed E-state index contributed by atoms with van der Waals surface area (Å²) in [5.41, 5.74) is 0.193. The van der Waals surface area contributed by atoms with E-state index in [0.29, 0.717) is 11.5 Å². The number of ether oxygens (including phenoxy) is 1. The van der Waals surface area contributed by atoms with E-state index in [1.54, 1.807) is 24.3 Å². The predicted octanol–water partition coefficient (Wildman–Crippen LogP) is 3.71. The van der Waals surface area contributed by atoms with Gasteiger partial charge in [0.2, 0.25) is 9.84 Å². The van der Waals surface area contributed by atoms with Crippen molar-refractivity contribution in [1.82, 2.24) is 0 Å². The van der Waals surface area contributed by atoms with E-state index in [1.165, 1.54) is 19.3 Å². The molecule has 114 valence electrons. The van der Waals surface area contributed by atoms with Crippen molar-refractivity contribution >= 4 is 9.84 Å². The molecule has 21 heavy (non-hydrogen) atoms. The molecule has 1 aromatic rings. The predicted molar refractivity (Wildman–Crippen MR) is 82.6 cm³/mol. The fourth-order valence-corrected chi connectivity index (χ4v) is 4.89. The first kappa shape index (κ1) is 14.8. The van der Waals surface area contributed by atoms with E-state index in [1.807, 2.05) is 6.07 Å². The Morgan fingerprint density at radius 2 is 1.81 bits per heavy atom. The lowest BCUT2D eigenvalue weighted by Crippen LogP contribution is -2.25. The molecule has 1 saturated carbocycles. The number of hydrogen-bond donors (Lipinski definition) is 0. The fraction of sp³-hybridized carbons (Fsp3) is 0.529. The van der Waals surface area contributed by atoms with Crippen molar-refractivity contribution < 1.29 is 13.2 Å². The Bertz CT molecular complexity index is 613. The molecule has 1 spiro atoms. The Morgan fingerprint density at radius 1 is 1.14 bits per heavy atom. The van der Waals surface area contributed by atoms with Crippen LogP contribution >= 0.6 is 0 Å². The van der Waals surface area contributed by atoms with Crippen LogP contribution in [-0.4, -0.2) is 21.1 Å². The van der Waals surface area contributed by atoms with Gasteiger partial charge in [-0.1, -0.05) is 44.0 Å². The second-order valence-electron chi connectivity index (χ2n) is 6.35. The molecule has 0 radical (unpaired) electrons. The molecule has 0 amide bonds. The molecule has 2 fully saturated rings. The zero-order valence-corrected chi connectivity index (χ0v) is 13.1. The third kappa shape index (κ3) is 2.79. The van der Waals surface area contributed by atoms with Gasteiger partial charge in [-0.25, -0.2) is 8.42 Å². The van der Waals surface area contributed by atoms with Gasteiger partial charge in [0.25, 0.3) is 0 Å². The normalized spacial score (nSPS) is 25.0. The molecule has 1 aromatic carbocycles. The third-order valence-electron chi connectivity index (χ3n) is 4.88. The van der Waals surface area contributed by atoms with Crippen LogP contribution in [0.15, 0.2) is 46.7 Å². The van der Waals surface area contributed by atoms with Crippen molar-refractivity contribution in [2.75, 3.05) is 6.61 Å². The van der Waals surface area contributed by atoms with E-state index in [2.05, 4.69) is 6.58 Å². The van der Waals surface area contributed by atoms with Crippen molar-refractivity contribution in [3.8, 4) is 0 Å². The highest BCUT2D eigenvalue weighted by molar-refractivity contribution is 7.95. The summed E-state index contributed by atoms with van der Waals surface area (Å²) >= 11 is 0. The zero-order valence-electron chi connectivity index (χ0n) is 12.3. The molecule has 0 N–H and O–H groups in total. The van der Waals surface area contributed by atoms with Gasteiger partial charge >= 0.3 is 0 Å². The summed E-state index contributed by atoms with van der Waals surface area (Å²) in [5.74, 6) is 0. The molecule has 1 saturated heterocycles. The Hall–Kier alpha value is -1.13. The van der Waals surface area contributed by atoms with Crippen molar-refractivity contribution in [1.29, 1.82) is 0 Å². The maximum Gasteiger partial charge on any atom is 0.204 e. The monoisotopic (exact) mass is 306 g/mol. The summed E-state index contributed by atoms with van der Waals surface area (Å²) < 4.78 is 31.1. The molecule has 1 atom stereocenters. The van der Waals surface area contributed by atoms with Crippen LogP contribution in [0.1, 0.15) is 38.5 Å². The lowest BCUT2D eigenvalue weighted by molar-refractivity contribution is 0.101. The van der Waals surface area contributed by atoms with Crippen LogP contribution < -0.4 is 0 Å². The highest BCUT2D eigenvalue weighted by Gasteiger charge is 2.43. The van der Waals surface area contributed by atoms with E-state index in [0.717, 1.165) is 19.3 Å². The molecule has 0 aromatic heterocycles. The molecule has 1 aliphatic carbocycles. The minimum Gasteiger partial charge on any atom is -0.372 e. The number of rotatable bonds is 3. The van der Waals surface area contributed by atoms with Crippen LogP contribution in [0.3, 0.4) is 0 Å². The van der Waals surface area contributed by atoms with Gasteiger partial charge in [0.15, 0.2) is 0 Å². The van der Waals surface area contributed by atoms with E-state index < -0.39 is 9.84 Å². The van der Waals surface area contributed by atoms with Gasteiger partial charge < -0.3 is 4.74 Å². The fourth-order valence-electron chi connectivity index (χ4n) is 3.57. The first-order chi connectivity index (χ1) is 10.0. The number of sulfone groups is 1. The summed E-state index contributed by atoms with van der Waals surface area (Å²) in [5, 5.41) is 0. The topological polar surface area (TPSA) is 43.4 Å². The summed E-state index contributed by atoms with van der Waals surface area (Å²) in [7, 11) is -3.50. The molecule has 3 rings (SSSR count). The highest BCUT2D eigenvalue weighted by atomic mass is 32.2. The smallest absolute Gasteiger partial charge is 0.204 e. The summed E-state index contributed by atoms with van der Waals surface area (Å²) in [6.45, 7) is 4.53. The van der Waals surface area contributed by atoms with Crippen LogP contribution in [0.25, 0.3) is 0 Å². The average molecular weight is 306 g/mol. The van der Waals surface area contributed by atoms with Gasteiger partial charge in [-0.3, -0.25) is 0 Å². The number of benzene rings is 1. The van der Waals surface area contributed by atoms with Crippen LogP contribution in [0.5, 0.6) is 0 Å². The van der Waals surface area contributed by atoms with Crippen LogP contribution in [-0.2, 0) is 14.6 Å². The average Bonchev–Trinajstić information content (AvgIpc) is 2.91. The summed E-state index contributed by atoms with van der Waals surface area (Å²) in [6, 6.07) is 8.51. The Labute approximate surface area is 126 Å². The van der Waals surface area contributed by atoms with E-state index >= 15 is 0 Å². The minimum absolute atomic E-state index is 0.193. The Kier molecular flexibility index (Phi) is 3.93. The van der Waals surface area contributed by atoms with Crippen molar-refractivity contribution in [2.24, 2.45) is 5.41 Å². The molecule has 1 unspecified atom stereocenters. The zero-order chi connectivity index (χ0) is 14.9. The van der Waals surface area contributed by atoms with Crippen molar-refractivity contribution in [2.45, 2.75) is 49.5 Å². The summed E-state index contributed by atoms with van der Waals surface area (Å²) in [6.07, 6.45) is 6.51. The van der Waals surface area contributed by atoms with Crippen molar-refractivity contribution in [3.63, 3.8) is 0 Å². The van der Waals surface area contributed by atoms with Gasteiger partial charge in [-0.05, 0) is 36.8 Å². The lowest BCUT2D eigenvalue weighted by atomic mass is 9.73. The van der Waals surface area contributed by atoms with Gasteiger partial charge in [-0.2, -0.15) is 0 Å². The molecule has 0 bridgehead atoms. The largest absolute Gasteiger partial charge is 0.372 e. The van der Waals surface area contributed by atoms with E-state index in [-0.39, 0.29) is 16.4 Å². The second-order valence-corrected chi connectivity index (χ2v) is 8.35. The maximum absolute atomic E-state index is 12.6. The maximum atomic E-state index is 12.6.